The molecule has 7 nitrogen and oxygen atoms in total. The van der Waals surface area contributed by atoms with Crippen LogP contribution in [0.25, 0.3) is 10.4 Å². The molecular formula is C11H15N5O2. The van der Waals surface area contributed by atoms with Crippen LogP contribution in [0.1, 0.15) is 18.0 Å². The van der Waals surface area contributed by atoms with E-state index >= 15 is 0 Å². The average Bonchev–Trinajstić information content (AvgIpc) is 2.43. The number of hydrogen-bond donors (Lipinski definition) is 1. The molecule has 1 unspecified atom stereocenters. The highest BCUT2D eigenvalue weighted by Gasteiger charge is 2.20. The maximum absolute atomic E-state index is 11.6. The first-order valence-electron chi connectivity index (χ1n) is 5.51. The predicted octanol–water partition coefficient (Wildman–Crippen LogP) is 1.59. The van der Waals surface area contributed by atoms with E-state index in [0.717, 1.165) is 5.56 Å². The molecule has 96 valence electrons. The van der Waals surface area contributed by atoms with Gasteiger partial charge in [-0.3, -0.25) is 4.98 Å². The SMILES string of the molecule is COC(=O)C(NCCCN=[N+]=[N-])c1cccnc1. The Morgan fingerprint density at radius 1 is 1.72 bits per heavy atom. The number of carbonyl (C=O) groups is 1. The van der Waals surface area contributed by atoms with E-state index in [1.807, 2.05) is 0 Å². The first-order chi connectivity index (χ1) is 8.79. The van der Waals surface area contributed by atoms with E-state index in [-0.39, 0.29) is 5.97 Å². The summed E-state index contributed by atoms with van der Waals surface area (Å²) in [6, 6.07) is 3.01. The number of hydrogen-bond acceptors (Lipinski definition) is 5. The molecule has 0 bridgehead atoms. The van der Waals surface area contributed by atoms with Crippen LogP contribution < -0.4 is 5.32 Å². The van der Waals surface area contributed by atoms with Crippen LogP contribution in [0.2, 0.25) is 0 Å². The highest BCUT2D eigenvalue weighted by Crippen LogP contribution is 2.12. The zero-order chi connectivity index (χ0) is 13.2. The summed E-state index contributed by atoms with van der Waals surface area (Å²) in [5.74, 6) is -0.369. The van der Waals surface area contributed by atoms with Gasteiger partial charge in [0.05, 0.1) is 7.11 Å². The third kappa shape index (κ3) is 4.40. The van der Waals surface area contributed by atoms with Gasteiger partial charge in [0.15, 0.2) is 0 Å². The van der Waals surface area contributed by atoms with Crippen molar-refractivity contribution in [3.8, 4) is 0 Å². The van der Waals surface area contributed by atoms with Crippen LogP contribution in [-0.4, -0.2) is 31.2 Å². The number of rotatable bonds is 7. The van der Waals surface area contributed by atoms with Gasteiger partial charge in [0.25, 0.3) is 0 Å². The fraction of sp³-hybridized carbons (Fsp3) is 0.455. The third-order valence-corrected chi connectivity index (χ3v) is 2.30. The maximum Gasteiger partial charge on any atom is 0.327 e. The smallest absolute Gasteiger partial charge is 0.327 e. The van der Waals surface area contributed by atoms with Crippen LogP contribution in [0.4, 0.5) is 0 Å². The highest BCUT2D eigenvalue weighted by molar-refractivity contribution is 5.77. The van der Waals surface area contributed by atoms with Crippen LogP contribution in [0, 0.1) is 0 Å². The summed E-state index contributed by atoms with van der Waals surface area (Å²) in [6.45, 7) is 0.943. The molecule has 0 spiro atoms. The fourth-order valence-corrected chi connectivity index (χ4v) is 1.44. The van der Waals surface area contributed by atoms with Crippen LogP contribution in [-0.2, 0) is 9.53 Å². The average molecular weight is 249 g/mol. The number of carbonyl (C=O) groups excluding carboxylic acids is 1. The number of esters is 1. The molecule has 1 heterocycles. The first-order valence-corrected chi connectivity index (χ1v) is 5.51. The lowest BCUT2D eigenvalue weighted by molar-refractivity contribution is -0.143. The Morgan fingerprint density at radius 3 is 3.17 bits per heavy atom. The van der Waals surface area contributed by atoms with Crippen molar-refractivity contribution in [3.05, 3.63) is 40.5 Å². The second kappa shape index (κ2) is 8.05. The molecule has 1 aromatic heterocycles. The Kier molecular flexibility index (Phi) is 6.24. The van der Waals surface area contributed by atoms with E-state index in [9.17, 15) is 4.79 Å². The summed E-state index contributed by atoms with van der Waals surface area (Å²) in [5.41, 5.74) is 8.88. The van der Waals surface area contributed by atoms with Crippen molar-refractivity contribution < 1.29 is 9.53 Å². The molecule has 7 heteroatoms. The van der Waals surface area contributed by atoms with Gasteiger partial charge in [0.2, 0.25) is 0 Å². The number of ether oxygens (including phenoxy) is 1. The van der Waals surface area contributed by atoms with Gasteiger partial charge in [-0.25, -0.2) is 4.79 Å². The van der Waals surface area contributed by atoms with Gasteiger partial charge in [0, 0.05) is 23.9 Å². The van der Waals surface area contributed by atoms with Gasteiger partial charge in [-0.15, -0.1) is 0 Å². The van der Waals surface area contributed by atoms with Gasteiger partial charge in [-0.05, 0) is 30.1 Å². The summed E-state index contributed by atoms with van der Waals surface area (Å²) in [6.07, 6.45) is 3.90. The van der Waals surface area contributed by atoms with Crippen molar-refractivity contribution >= 4 is 5.97 Å². The fourth-order valence-electron chi connectivity index (χ4n) is 1.44. The minimum atomic E-state index is -0.547. The Hall–Kier alpha value is -2.11. The second-order valence-electron chi connectivity index (χ2n) is 3.50. The molecule has 0 saturated heterocycles. The minimum Gasteiger partial charge on any atom is -0.468 e. The highest BCUT2D eigenvalue weighted by atomic mass is 16.5. The topological polar surface area (TPSA) is 100.0 Å². The normalized spacial score (nSPS) is 11.4. The number of azide groups is 1. The summed E-state index contributed by atoms with van der Waals surface area (Å²) in [7, 11) is 1.34. The van der Waals surface area contributed by atoms with E-state index in [1.54, 1.807) is 24.5 Å². The quantitative estimate of drug-likeness (QED) is 0.260. The molecule has 0 aliphatic heterocycles. The van der Waals surface area contributed by atoms with Crippen LogP contribution in [0.15, 0.2) is 29.6 Å². The summed E-state index contributed by atoms with van der Waals surface area (Å²) in [4.78, 5) is 18.3. The van der Waals surface area contributed by atoms with Crippen molar-refractivity contribution in [1.29, 1.82) is 0 Å². The molecular weight excluding hydrogens is 234 g/mol. The van der Waals surface area contributed by atoms with Gasteiger partial charge in [-0.1, -0.05) is 11.2 Å². The summed E-state index contributed by atoms with van der Waals surface area (Å²) >= 11 is 0. The van der Waals surface area contributed by atoms with Crippen molar-refractivity contribution in [3.63, 3.8) is 0 Å². The Balaban J connectivity index is 2.57. The molecule has 1 N–H and O–H groups in total. The van der Waals surface area contributed by atoms with Crippen LogP contribution >= 0.6 is 0 Å². The Bertz CT molecular complexity index is 417. The Morgan fingerprint density at radius 2 is 2.56 bits per heavy atom. The van der Waals surface area contributed by atoms with Gasteiger partial charge in [0.1, 0.15) is 6.04 Å². The second-order valence-corrected chi connectivity index (χ2v) is 3.50. The third-order valence-electron chi connectivity index (χ3n) is 2.30. The number of pyridine rings is 1. The largest absolute Gasteiger partial charge is 0.468 e. The molecule has 0 aliphatic rings. The molecule has 0 saturated carbocycles. The predicted molar refractivity (Wildman–Crippen MR) is 65.6 cm³/mol. The minimum absolute atomic E-state index is 0.369. The van der Waals surface area contributed by atoms with Crippen molar-refractivity contribution in [2.45, 2.75) is 12.5 Å². The van der Waals surface area contributed by atoms with Crippen LogP contribution in [0.3, 0.4) is 0 Å². The summed E-state index contributed by atoms with van der Waals surface area (Å²) in [5, 5.41) is 6.47. The lowest BCUT2D eigenvalue weighted by atomic mass is 10.1. The molecule has 0 fully saturated rings. The number of nitrogens with one attached hydrogen (secondary N) is 1. The molecule has 0 aromatic carbocycles. The van der Waals surface area contributed by atoms with Crippen molar-refractivity contribution in [1.82, 2.24) is 10.3 Å². The summed E-state index contributed by atoms with van der Waals surface area (Å²) < 4.78 is 4.73. The van der Waals surface area contributed by atoms with Gasteiger partial charge >= 0.3 is 5.97 Å². The van der Waals surface area contributed by atoms with Crippen LogP contribution in [0.5, 0.6) is 0 Å². The lowest BCUT2D eigenvalue weighted by Crippen LogP contribution is -2.30. The monoisotopic (exact) mass is 249 g/mol. The van der Waals surface area contributed by atoms with E-state index in [2.05, 4.69) is 20.3 Å². The molecule has 0 amide bonds. The van der Waals surface area contributed by atoms with Gasteiger partial charge < -0.3 is 10.1 Å². The molecule has 1 aromatic rings. The number of nitrogens with zero attached hydrogens (tertiary/aromatic N) is 4. The zero-order valence-electron chi connectivity index (χ0n) is 10.1. The Labute approximate surface area is 105 Å². The van der Waals surface area contributed by atoms with Crippen molar-refractivity contribution in [2.75, 3.05) is 20.2 Å². The number of aromatic nitrogens is 1. The van der Waals surface area contributed by atoms with E-state index in [4.69, 9.17) is 10.3 Å². The molecule has 0 aliphatic carbocycles. The maximum atomic E-state index is 11.6. The lowest BCUT2D eigenvalue weighted by Gasteiger charge is -2.16. The molecule has 1 atom stereocenters. The van der Waals surface area contributed by atoms with Crippen molar-refractivity contribution in [2.24, 2.45) is 5.11 Å². The molecule has 18 heavy (non-hydrogen) atoms. The number of methoxy groups -OCH3 is 1. The standard InChI is InChI=1S/C11H15N5O2/c1-18-11(17)10(9-4-2-5-13-8-9)14-6-3-7-15-16-12/h2,4-5,8,10,14H,3,6-7H2,1H3. The van der Waals surface area contributed by atoms with Gasteiger partial charge in [-0.2, -0.15) is 0 Å². The first kappa shape index (κ1) is 14.0. The molecule has 0 radical (unpaired) electrons. The molecule has 1 rings (SSSR count). The van der Waals surface area contributed by atoms with E-state index in [0.29, 0.717) is 19.5 Å². The van der Waals surface area contributed by atoms with E-state index in [1.165, 1.54) is 7.11 Å². The van der Waals surface area contributed by atoms with E-state index < -0.39 is 6.04 Å². The zero-order valence-corrected chi connectivity index (χ0v) is 10.1.